The first kappa shape index (κ1) is 16.7. The van der Waals surface area contributed by atoms with E-state index in [2.05, 4.69) is 10.2 Å². The molecule has 0 aromatic rings. The molecule has 2 aliphatic heterocycles. The number of nitrogens with one attached hydrogen (secondary N) is 1. The van der Waals surface area contributed by atoms with Crippen molar-refractivity contribution >= 4 is 5.97 Å². The van der Waals surface area contributed by atoms with Gasteiger partial charge in [-0.15, -0.1) is 0 Å². The van der Waals surface area contributed by atoms with Gasteiger partial charge in [0.2, 0.25) is 0 Å². The molecule has 0 bridgehead atoms. The van der Waals surface area contributed by atoms with Gasteiger partial charge in [0.15, 0.2) is 0 Å². The predicted octanol–water partition coefficient (Wildman–Crippen LogP) is 1.42. The Hall–Kier alpha value is -0.650. The Balaban J connectivity index is 1.89. The van der Waals surface area contributed by atoms with Crippen molar-refractivity contribution in [3.05, 3.63) is 0 Å². The number of fused-ring (bicyclic) bond motifs is 1. The van der Waals surface area contributed by atoms with E-state index < -0.39 is 11.0 Å². The van der Waals surface area contributed by atoms with Gasteiger partial charge in [0.25, 0.3) is 0 Å². The first-order valence-corrected chi connectivity index (χ1v) is 7.98. The average molecular weight is 298 g/mol. The molecule has 2 saturated heterocycles. The maximum Gasteiger partial charge on any atom is 0.313 e. The van der Waals surface area contributed by atoms with Gasteiger partial charge in [-0.25, -0.2) is 0 Å². The first-order valence-electron chi connectivity index (χ1n) is 7.98. The van der Waals surface area contributed by atoms with Crippen LogP contribution < -0.4 is 5.32 Å². The number of likely N-dealkylation sites (tertiary alicyclic amines) is 1. The SMILES string of the molecule is CC(C)(C)OC(=O)C(C)(C)CN1CC[C@H]2OCCN[C@H]2C1. The third-order valence-corrected chi connectivity index (χ3v) is 4.04. The van der Waals surface area contributed by atoms with Gasteiger partial charge in [-0.1, -0.05) is 0 Å². The molecule has 122 valence electrons. The zero-order valence-electron chi connectivity index (χ0n) is 14.1. The number of esters is 1. The highest BCUT2D eigenvalue weighted by atomic mass is 16.6. The molecule has 0 radical (unpaired) electrons. The molecule has 0 unspecified atom stereocenters. The lowest BCUT2D eigenvalue weighted by molar-refractivity contribution is -0.167. The highest BCUT2D eigenvalue weighted by molar-refractivity contribution is 5.76. The molecule has 1 N–H and O–H groups in total. The molecule has 0 aromatic carbocycles. The zero-order chi connectivity index (χ0) is 15.7. The summed E-state index contributed by atoms with van der Waals surface area (Å²) >= 11 is 0. The Bertz CT molecular complexity index is 376. The fourth-order valence-corrected chi connectivity index (χ4v) is 3.03. The van der Waals surface area contributed by atoms with Crippen molar-refractivity contribution < 1.29 is 14.3 Å². The van der Waals surface area contributed by atoms with Crippen molar-refractivity contribution in [2.45, 2.75) is 58.8 Å². The molecule has 2 heterocycles. The number of piperidine rings is 1. The molecular weight excluding hydrogens is 268 g/mol. The summed E-state index contributed by atoms with van der Waals surface area (Å²) in [5, 5.41) is 3.52. The average Bonchev–Trinajstić information content (AvgIpc) is 2.36. The maximum absolute atomic E-state index is 12.3. The minimum absolute atomic E-state index is 0.120. The van der Waals surface area contributed by atoms with E-state index in [-0.39, 0.29) is 5.97 Å². The van der Waals surface area contributed by atoms with E-state index in [0.29, 0.717) is 12.1 Å². The lowest BCUT2D eigenvalue weighted by Crippen LogP contribution is -2.59. The molecular formula is C16H30N2O3. The standard InChI is InChI=1S/C16H30N2O3/c1-15(2,3)21-14(19)16(4,5)11-18-8-6-13-12(10-18)17-7-9-20-13/h12-13,17H,6-11H2,1-5H3/t12-,13+/m0/s1. The molecule has 5 nitrogen and oxygen atoms in total. The first-order chi connectivity index (χ1) is 9.67. The minimum atomic E-state index is -0.490. The molecule has 2 fully saturated rings. The monoisotopic (exact) mass is 298 g/mol. The van der Waals surface area contributed by atoms with Crippen LogP contribution in [0.1, 0.15) is 41.0 Å². The molecule has 0 amide bonds. The summed E-state index contributed by atoms with van der Waals surface area (Å²) in [6.07, 6.45) is 1.36. The summed E-state index contributed by atoms with van der Waals surface area (Å²) in [6.45, 7) is 14.1. The molecule has 5 heteroatoms. The Labute approximate surface area is 128 Å². The van der Waals surface area contributed by atoms with E-state index in [1.807, 2.05) is 34.6 Å². The number of nitrogens with zero attached hydrogens (tertiary/aromatic N) is 1. The molecule has 0 aliphatic carbocycles. The van der Waals surface area contributed by atoms with Crippen LogP contribution in [0.25, 0.3) is 0 Å². The molecule has 2 rings (SSSR count). The van der Waals surface area contributed by atoms with Gasteiger partial charge in [-0.3, -0.25) is 4.79 Å². The van der Waals surface area contributed by atoms with Gasteiger partial charge in [-0.05, 0) is 41.0 Å². The van der Waals surface area contributed by atoms with Crippen molar-refractivity contribution in [3.63, 3.8) is 0 Å². The van der Waals surface area contributed by atoms with Crippen LogP contribution in [-0.2, 0) is 14.3 Å². The second kappa shape index (κ2) is 6.23. The molecule has 21 heavy (non-hydrogen) atoms. The third kappa shape index (κ3) is 4.66. The van der Waals surface area contributed by atoms with Gasteiger partial charge in [0.05, 0.1) is 18.1 Å². The minimum Gasteiger partial charge on any atom is -0.460 e. The highest BCUT2D eigenvalue weighted by Crippen LogP contribution is 2.25. The van der Waals surface area contributed by atoms with Gasteiger partial charge in [-0.2, -0.15) is 0 Å². The van der Waals surface area contributed by atoms with E-state index in [9.17, 15) is 4.79 Å². The Morgan fingerprint density at radius 1 is 1.33 bits per heavy atom. The predicted molar refractivity (Wildman–Crippen MR) is 82.2 cm³/mol. The van der Waals surface area contributed by atoms with Crippen LogP contribution in [-0.4, -0.2) is 61.4 Å². The number of carbonyl (C=O) groups excluding carboxylic acids is 1. The Morgan fingerprint density at radius 2 is 2.05 bits per heavy atom. The van der Waals surface area contributed by atoms with Gasteiger partial charge < -0.3 is 19.7 Å². The van der Waals surface area contributed by atoms with Crippen LogP contribution in [0.4, 0.5) is 0 Å². The molecule has 2 aliphatic rings. The molecule has 0 aromatic heterocycles. The lowest BCUT2D eigenvalue weighted by Gasteiger charge is -2.43. The zero-order valence-corrected chi connectivity index (χ0v) is 14.1. The van der Waals surface area contributed by atoms with Crippen LogP contribution in [0.15, 0.2) is 0 Å². The number of hydrogen-bond acceptors (Lipinski definition) is 5. The topological polar surface area (TPSA) is 50.8 Å². The van der Waals surface area contributed by atoms with Crippen LogP contribution in [0.2, 0.25) is 0 Å². The Kier molecular flexibility index (Phi) is 4.96. The van der Waals surface area contributed by atoms with Gasteiger partial charge in [0, 0.05) is 32.2 Å². The van der Waals surface area contributed by atoms with E-state index >= 15 is 0 Å². The number of ether oxygens (including phenoxy) is 2. The second-order valence-corrected chi connectivity index (χ2v) is 7.88. The Morgan fingerprint density at radius 3 is 2.71 bits per heavy atom. The summed E-state index contributed by atoms with van der Waals surface area (Å²) in [5.74, 6) is -0.120. The number of rotatable bonds is 3. The van der Waals surface area contributed by atoms with E-state index in [1.54, 1.807) is 0 Å². The largest absolute Gasteiger partial charge is 0.460 e. The number of hydrogen-bond donors (Lipinski definition) is 1. The van der Waals surface area contributed by atoms with Crippen molar-refractivity contribution in [1.82, 2.24) is 10.2 Å². The number of morpholine rings is 1. The summed E-state index contributed by atoms with van der Waals surface area (Å²) < 4.78 is 11.3. The van der Waals surface area contributed by atoms with Crippen molar-refractivity contribution in [2.75, 3.05) is 32.8 Å². The van der Waals surface area contributed by atoms with Crippen LogP contribution in [0.3, 0.4) is 0 Å². The van der Waals surface area contributed by atoms with Crippen molar-refractivity contribution in [2.24, 2.45) is 5.41 Å². The smallest absolute Gasteiger partial charge is 0.313 e. The quantitative estimate of drug-likeness (QED) is 0.799. The maximum atomic E-state index is 12.3. The van der Waals surface area contributed by atoms with Crippen molar-refractivity contribution in [1.29, 1.82) is 0 Å². The van der Waals surface area contributed by atoms with Gasteiger partial charge >= 0.3 is 5.97 Å². The van der Waals surface area contributed by atoms with Crippen molar-refractivity contribution in [3.8, 4) is 0 Å². The normalized spacial score (nSPS) is 28.0. The van der Waals surface area contributed by atoms with Crippen LogP contribution in [0, 0.1) is 5.41 Å². The van der Waals surface area contributed by atoms with E-state index in [4.69, 9.17) is 9.47 Å². The van der Waals surface area contributed by atoms with E-state index in [0.717, 1.165) is 39.2 Å². The van der Waals surface area contributed by atoms with Gasteiger partial charge in [0.1, 0.15) is 5.60 Å². The lowest BCUT2D eigenvalue weighted by atomic mass is 9.90. The molecule has 2 atom stereocenters. The van der Waals surface area contributed by atoms with E-state index in [1.165, 1.54) is 0 Å². The fraction of sp³-hybridized carbons (Fsp3) is 0.938. The molecule has 0 spiro atoms. The highest BCUT2D eigenvalue weighted by Gasteiger charge is 2.38. The summed E-state index contributed by atoms with van der Waals surface area (Å²) in [5.41, 5.74) is -0.921. The molecule has 0 saturated carbocycles. The second-order valence-electron chi connectivity index (χ2n) is 7.88. The summed E-state index contributed by atoms with van der Waals surface area (Å²) in [6, 6.07) is 0.391. The third-order valence-electron chi connectivity index (χ3n) is 4.04. The number of carbonyl (C=O) groups is 1. The summed E-state index contributed by atoms with van der Waals surface area (Å²) in [7, 11) is 0. The van der Waals surface area contributed by atoms with Crippen LogP contribution >= 0.6 is 0 Å². The fourth-order valence-electron chi connectivity index (χ4n) is 3.03. The van der Waals surface area contributed by atoms with Crippen LogP contribution in [0.5, 0.6) is 0 Å². The summed E-state index contributed by atoms with van der Waals surface area (Å²) in [4.78, 5) is 14.7.